The average molecular weight is 403 g/mol. The zero-order valence-corrected chi connectivity index (χ0v) is 16.8. The molecule has 0 saturated heterocycles. The molecule has 0 amide bonds. The minimum atomic E-state index is -0.609. The molecule has 0 aliphatic rings. The summed E-state index contributed by atoms with van der Waals surface area (Å²) in [7, 11) is 0. The first-order chi connectivity index (χ1) is 13.1. The van der Waals surface area contributed by atoms with Gasteiger partial charge in [0.25, 0.3) is 5.56 Å². The summed E-state index contributed by atoms with van der Waals surface area (Å²) in [6.07, 6.45) is 1.45. The third-order valence-electron chi connectivity index (χ3n) is 4.45. The van der Waals surface area contributed by atoms with E-state index in [0.717, 1.165) is 10.2 Å². The van der Waals surface area contributed by atoms with Crippen LogP contribution in [0.15, 0.2) is 41.3 Å². The molecule has 3 rings (SSSR count). The lowest BCUT2D eigenvalue weighted by Crippen LogP contribution is -2.24. The summed E-state index contributed by atoms with van der Waals surface area (Å²) in [5, 5.41) is 4.90. The summed E-state index contributed by atoms with van der Waals surface area (Å²) in [5.74, 6) is -1.09. The van der Waals surface area contributed by atoms with Crippen LogP contribution >= 0.6 is 11.6 Å². The van der Waals surface area contributed by atoms with Gasteiger partial charge in [0.05, 0.1) is 17.3 Å². The first-order valence-electron chi connectivity index (χ1n) is 8.73. The van der Waals surface area contributed by atoms with Crippen LogP contribution in [-0.4, -0.2) is 15.7 Å². The van der Waals surface area contributed by atoms with E-state index < -0.39 is 17.3 Å². The highest BCUT2D eigenvalue weighted by molar-refractivity contribution is 6.31. The minimum Gasteiger partial charge on any atom is -0.461 e. The number of hydrogen-bond donors (Lipinski definition) is 0. The fourth-order valence-corrected chi connectivity index (χ4v) is 3.12. The molecule has 1 heterocycles. The van der Waals surface area contributed by atoms with E-state index in [-0.39, 0.29) is 17.4 Å². The van der Waals surface area contributed by atoms with Gasteiger partial charge in [-0.05, 0) is 35.2 Å². The first-order valence-corrected chi connectivity index (χ1v) is 9.10. The molecular formula is C21H20ClFN2O3. The maximum atomic E-state index is 14.8. The Bertz CT molecular complexity index is 1130. The Labute approximate surface area is 166 Å². The molecule has 0 radical (unpaired) electrons. The fourth-order valence-electron chi connectivity index (χ4n) is 2.90. The monoisotopic (exact) mass is 402 g/mol. The molecule has 1 aromatic heterocycles. The summed E-state index contributed by atoms with van der Waals surface area (Å²) in [4.78, 5) is 24.2. The molecule has 146 valence electrons. The lowest BCUT2D eigenvalue weighted by Gasteiger charge is -2.20. The molecule has 0 saturated carbocycles. The number of carbonyl (C=O) groups excluding carboxylic acids is 1. The molecule has 7 heteroatoms. The van der Waals surface area contributed by atoms with Gasteiger partial charge < -0.3 is 4.74 Å². The number of nitrogens with zero attached hydrogens (tertiary/aromatic N) is 2. The van der Waals surface area contributed by atoms with E-state index in [1.807, 2.05) is 20.8 Å². The molecule has 0 unspecified atom stereocenters. The number of ether oxygens (including phenoxy) is 1. The Morgan fingerprint density at radius 1 is 1.29 bits per heavy atom. The topological polar surface area (TPSA) is 61.2 Å². The van der Waals surface area contributed by atoms with Crippen molar-refractivity contribution < 1.29 is 13.9 Å². The molecule has 28 heavy (non-hydrogen) atoms. The van der Waals surface area contributed by atoms with E-state index in [4.69, 9.17) is 16.3 Å². The molecule has 0 aliphatic carbocycles. The third kappa shape index (κ3) is 3.78. The number of aromatic nitrogens is 2. The second-order valence-corrected chi connectivity index (χ2v) is 7.96. The van der Waals surface area contributed by atoms with Crippen LogP contribution in [0.5, 0.6) is 0 Å². The highest BCUT2D eigenvalue weighted by atomic mass is 35.5. The maximum absolute atomic E-state index is 14.8. The third-order valence-corrected chi connectivity index (χ3v) is 4.80. The molecule has 5 nitrogen and oxygen atoms in total. The van der Waals surface area contributed by atoms with Crippen molar-refractivity contribution in [1.29, 1.82) is 0 Å². The van der Waals surface area contributed by atoms with Gasteiger partial charge in [0.1, 0.15) is 12.4 Å². The standard InChI is InChI=1S/C21H20ClFN2O3/c1-12(26)28-11-15-16(22)6-5-7-18(15)25-20(27)19-13(10-24-25)8-14(9-17(19)23)21(2,3)4/h5-10H,11H2,1-4H3. The van der Waals surface area contributed by atoms with E-state index in [2.05, 4.69) is 5.10 Å². The maximum Gasteiger partial charge on any atom is 0.302 e. The van der Waals surface area contributed by atoms with Crippen LogP contribution in [0.3, 0.4) is 0 Å². The Kier molecular flexibility index (Phi) is 5.26. The van der Waals surface area contributed by atoms with Crippen molar-refractivity contribution >= 4 is 28.3 Å². The van der Waals surface area contributed by atoms with Crippen LogP contribution in [0, 0.1) is 5.82 Å². The van der Waals surface area contributed by atoms with Crippen molar-refractivity contribution in [2.75, 3.05) is 0 Å². The normalized spacial score (nSPS) is 11.6. The molecule has 3 aromatic rings. The molecule has 0 N–H and O–H groups in total. The largest absolute Gasteiger partial charge is 0.461 e. The fraction of sp³-hybridized carbons (Fsp3) is 0.286. The lowest BCUT2D eigenvalue weighted by atomic mass is 9.86. The van der Waals surface area contributed by atoms with Gasteiger partial charge in [-0.25, -0.2) is 4.39 Å². The van der Waals surface area contributed by atoms with Crippen molar-refractivity contribution in [3.05, 3.63) is 68.8 Å². The van der Waals surface area contributed by atoms with Crippen molar-refractivity contribution in [3.8, 4) is 5.69 Å². The SMILES string of the molecule is CC(=O)OCc1c(Cl)cccc1-n1ncc2cc(C(C)(C)C)cc(F)c2c1=O. The van der Waals surface area contributed by atoms with Crippen LogP contribution in [0.1, 0.15) is 38.8 Å². The van der Waals surface area contributed by atoms with Crippen molar-refractivity contribution in [3.63, 3.8) is 0 Å². The molecular weight excluding hydrogens is 383 g/mol. The molecule has 0 aliphatic heterocycles. The van der Waals surface area contributed by atoms with E-state index in [9.17, 15) is 14.0 Å². The molecule has 0 bridgehead atoms. The van der Waals surface area contributed by atoms with E-state index >= 15 is 0 Å². The smallest absolute Gasteiger partial charge is 0.302 e. The van der Waals surface area contributed by atoms with Gasteiger partial charge in [0, 0.05) is 22.9 Å². The van der Waals surface area contributed by atoms with Gasteiger partial charge in [0.15, 0.2) is 0 Å². The van der Waals surface area contributed by atoms with Gasteiger partial charge in [0.2, 0.25) is 0 Å². The highest BCUT2D eigenvalue weighted by Gasteiger charge is 2.20. The second kappa shape index (κ2) is 7.36. The Balaban J connectivity index is 2.23. The zero-order chi connectivity index (χ0) is 20.6. The molecule has 0 spiro atoms. The summed E-state index contributed by atoms with van der Waals surface area (Å²) in [5.41, 5.74) is 0.644. The van der Waals surface area contributed by atoms with Crippen LogP contribution in [0.2, 0.25) is 5.02 Å². The predicted octanol–water partition coefficient (Wildman–Crippen LogP) is 4.54. The van der Waals surface area contributed by atoms with Gasteiger partial charge in [-0.3, -0.25) is 9.59 Å². The minimum absolute atomic E-state index is 0.0542. The Hall–Kier alpha value is -2.73. The first kappa shape index (κ1) is 20.0. The lowest BCUT2D eigenvalue weighted by molar-refractivity contribution is -0.142. The summed E-state index contributed by atoms with van der Waals surface area (Å²) in [6.45, 7) is 7.06. The molecule has 0 atom stereocenters. The zero-order valence-electron chi connectivity index (χ0n) is 16.0. The van der Waals surface area contributed by atoms with Gasteiger partial charge in [-0.2, -0.15) is 9.78 Å². The quantitative estimate of drug-likeness (QED) is 0.603. The van der Waals surface area contributed by atoms with Gasteiger partial charge in [-0.1, -0.05) is 38.4 Å². The number of esters is 1. The summed E-state index contributed by atoms with van der Waals surface area (Å²) < 4.78 is 20.9. The van der Waals surface area contributed by atoms with Gasteiger partial charge in [-0.15, -0.1) is 0 Å². The highest BCUT2D eigenvalue weighted by Crippen LogP contribution is 2.28. The van der Waals surface area contributed by atoms with Crippen LogP contribution in [-0.2, 0) is 21.6 Å². The predicted molar refractivity (Wildman–Crippen MR) is 106 cm³/mol. The second-order valence-electron chi connectivity index (χ2n) is 7.55. The summed E-state index contributed by atoms with van der Waals surface area (Å²) in [6, 6.07) is 8.03. The molecule has 2 aromatic carbocycles. The number of halogens is 2. The van der Waals surface area contributed by atoms with Crippen LogP contribution in [0.25, 0.3) is 16.5 Å². The van der Waals surface area contributed by atoms with Gasteiger partial charge >= 0.3 is 5.97 Å². The average Bonchev–Trinajstić information content (AvgIpc) is 2.59. The summed E-state index contributed by atoms with van der Waals surface area (Å²) >= 11 is 6.23. The van der Waals surface area contributed by atoms with Crippen molar-refractivity contribution in [2.45, 2.75) is 39.7 Å². The van der Waals surface area contributed by atoms with Crippen molar-refractivity contribution in [2.24, 2.45) is 0 Å². The van der Waals surface area contributed by atoms with E-state index in [0.29, 0.717) is 21.7 Å². The number of benzene rings is 2. The number of fused-ring (bicyclic) bond motifs is 1. The Morgan fingerprint density at radius 2 is 2.00 bits per heavy atom. The van der Waals surface area contributed by atoms with Crippen LogP contribution in [0.4, 0.5) is 4.39 Å². The number of rotatable bonds is 3. The Morgan fingerprint density at radius 3 is 2.64 bits per heavy atom. The number of carbonyl (C=O) groups is 1. The van der Waals surface area contributed by atoms with Crippen molar-refractivity contribution in [1.82, 2.24) is 9.78 Å². The van der Waals surface area contributed by atoms with E-state index in [1.54, 1.807) is 24.3 Å². The molecule has 0 fully saturated rings. The number of hydrogen-bond acceptors (Lipinski definition) is 4. The van der Waals surface area contributed by atoms with Crippen LogP contribution < -0.4 is 5.56 Å². The van der Waals surface area contributed by atoms with E-state index in [1.165, 1.54) is 19.2 Å².